The molecule has 0 fully saturated rings. The second-order valence-electron chi connectivity index (χ2n) is 5.77. The van der Waals surface area contributed by atoms with Crippen LogP contribution in [0.15, 0.2) is 36.5 Å². The molecule has 0 atom stereocenters. The second-order valence-corrected chi connectivity index (χ2v) is 6.17. The summed E-state index contributed by atoms with van der Waals surface area (Å²) in [5.74, 6) is -0.336. The van der Waals surface area contributed by atoms with Gasteiger partial charge in [0.1, 0.15) is 0 Å². The van der Waals surface area contributed by atoms with Crippen molar-refractivity contribution >= 4 is 23.5 Å². The Morgan fingerprint density at radius 3 is 2.46 bits per heavy atom. The van der Waals surface area contributed by atoms with E-state index in [0.29, 0.717) is 5.69 Å². The highest BCUT2D eigenvalue weighted by molar-refractivity contribution is 6.33. The third-order valence-electron chi connectivity index (χ3n) is 3.96. The highest BCUT2D eigenvalue weighted by Crippen LogP contribution is 2.34. The van der Waals surface area contributed by atoms with Gasteiger partial charge in [-0.3, -0.25) is 4.98 Å². The minimum absolute atomic E-state index is 0.162. The van der Waals surface area contributed by atoms with Crippen molar-refractivity contribution in [2.24, 2.45) is 0 Å². The van der Waals surface area contributed by atoms with Crippen LogP contribution in [0.1, 0.15) is 21.7 Å². The number of rotatable bonds is 3. The van der Waals surface area contributed by atoms with Gasteiger partial charge in [-0.15, -0.1) is 0 Å². The molecule has 7 heteroatoms. The second kappa shape index (κ2) is 7.09. The zero-order valence-electron chi connectivity index (χ0n) is 14.6. The summed E-state index contributed by atoms with van der Waals surface area (Å²) in [6.45, 7) is 3.78. The van der Waals surface area contributed by atoms with Crippen molar-refractivity contribution in [1.82, 2.24) is 15.0 Å². The first kappa shape index (κ1) is 17.8. The zero-order valence-corrected chi connectivity index (χ0v) is 15.3. The van der Waals surface area contributed by atoms with Gasteiger partial charge >= 0.3 is 5.97 Å². The van der Waals surface area contributed by atoms with Gasteiger partial charge in [0.05, 0.1) is 29.1 Å². The van der Waals surface area contributed by atoms with E-state index in [1.165, 1.54) is 7.11 Å². The number of nitrogens with zero attached hydrogens (tertiary/aromatic N) is 3. The summed E-state index contributed by atoms with van der Waals surface area (Å²) >= 11 is 6.26. The number of benzene rings is 1. The lowest BCUT2D eigenvalue weighted by atomic mass is 9.98. The summed E-state index contributed by atoms with van der Waals surface area (Å²) < 4.78 is 4.73. The van der Waals surface area contributed by atoms with E-state index in [1.54, 1.807) is 24.4 Å². The molecular formula is C19H17ClN4O2. The number of ether oxygens (including phenoxy) is 1. The molecule has 0 spiro atoms. The van der Waals surface area contributed by atoms with Crippen LogP contribution in [0.4, 0.5) is 5.95 Å². The third kappa shape index (κ3) is 3.36. The van der Waals surface area contributed by atoms with E-state index >= 15 is 0 Å². The predicted octanol–water partition coefficient (Wildman–Crippen LogP) is 3.84. The molecule has 2 N–H and O–H groups in total. The monoisotopic (exact) mass is 368 g/mol. The van der Waals surface area contributed by atoms with Crippen molar-refractivity contribution in [1.29, 1.82) is 0 Å². The fourth-order valence-electron chi connectivity index (χ4n) is 2.70. The number of hydrogen-bond donors (Lipinski definition) is 1. The molecule has 6 nitrogen and oxygen atoms in total. The van der Waals surface area contributed by atoms with Crippen LogP contribution in [0.2, 0.25) is 5.02 Å². The maximum atomic E-state index is 11.8. The van der Waals surface area contributed by atoms with Gasteiger partial charge in [0.15, 0.2) is 0 Å². The van der Waals surface area contributed by atoms with Gasteiger partial charge in [0.2, 0.25) is 5.95 Å². The number of carbonyl (C=O) groups excluding carboxylic acids is 1. The molecule has 132 valence electrons. The van der Waals surface area contributed by atoms with Crippen LogP contribution < -0.4 is 5.73 Å². The average Bonchev–Trinajstić information content (AvgIpc) is 2.61. The zero-order chi connectivity index (χ0) is 18.8. The first-order valence-corrected chi connectivity index (χ1v) is 8.24. The van der Waals surface area contributed by atoms with Crippen LogP contribution in [0.3, 0.4) is 0 Å². The van der Waals surface area contributed by atoms with E-state index in [9.17, 15) is 4.79 Å². The van der Waals surface area contributed by atoms with Crippen molar-refractivity contribution < 1.29 is 9.53 Å². The number of aromatic nitrogens is 3. The van der Waals surface area contributed by atoms with Gasteiger partial charge in [-0.25, -0.2) is 14.8 Å². The van der Waals surface area contributed by atoms with Crippen LogP contribution in [0, 0.1) is 13.8 Å². The fourth-order valence-corrected chi connectivity index (χ4v) is 2.96. The van der Waals surface area contributed by atoms with E-state index in [0.717, 1.165) is 28.1 Å². The van der Waals surface area contributed by atoms with Gasteiger partial charge in [-0.05, 0) is 32.0 Å². The Kier molecular flexibility index (Phi) is 4.86. The van der Waals surface area contributed by atoms with E-state index in [1.807, 2.05) is 26.0 Å². The van der Waals surface area contributed by atoms with E-state index in [2.05, 4.69) is 15.0 Å². The summed E-state index contributed by atoms with van der Waals surface area (Å²) in [5, 5.41) is 0.275. The Morgan fingerprint density at radius 2 is 1.85 bits per heavy atom. The normalized spacial score (nSPS) is 10.6. The maximum Gasteiger partial charge on any atom is 0.339 e. The molecule has 0 aliphatic heterocycles. The Morgan fingerprint density at radius 1 is 1.12 bits per heavy atom. The average molecular weight is 369 g/mol. The van der Waals surface area contributed by atoms with Gasteiger partial charge in [-0.1, -0.05) is 23.7 Å². The molecule has 0 unspecified atom stereocenters. The minimum atomic E-state index is -0.497. The van der Waals surface area contributed by atoms with Crippen molar-refractivity contribution in [3.8, 4) is 22.4 Å². The highest BCUT2D eigenvalue weighted by Gasteiger charge is 2.18. The Balaban J connectivity index is 2.20. The number of nitrogen functional groups attached to an aromatic ring is 1. The van der Waals surface area contributed by atoms with Crippen molar-refractivity contribution in [2.45, 2.75) is 13.8 Å². The van der Waals surface area contributed by atoms with Crippen LogP contribution in [0.25, 0.3) is 22.4 Å². The molecule has 1 aromatic carbocycles. The molecule has 0 bridgehead atoms. The molecule has 0 amide bonds. The molecule has 0 radical (unpaired) electrons. The standard InChI is InChI=1S/C19H17ClN4O2/c1-10-4-5-13(9-22-10)16-11(2)23-19(21)24-17(16)12-6-7-14(15(20)8-12)18(25)26-3/h4-9H,1-3H3,(H2,21,23,24). The van der Waals surface area contributed by atoms with Gasteiger partial charge in [0.25, 0.3) is 0 Å². The number of pyridine rings is 1. The lowest BCUT2D eigenvalue weighted by Crippen LogP contribution is -2.04. The van der Waals surface area contributed by atoms with Crippen LogP contribution >= 0.6 is 11.6 Å². The summed E-state index contributed by atoms with van der Waals surface area (Å²) in [7, 11) is 1.31. The number of halogens is 1. The molecular weight excluding hydrogens is 352 g/mol. The lowest BCUT2D eigenvalue weighted by Gasteiger charge is -2.13. The number of aryl methyl sites for hydroxylation is 2. The molecule has 26 heavy (non-hydrogen) atoms. The number of hydrogen-bond acceptors (Lipinski definition) is 6. The molecule has 0 aliphatic rings. The number of methoxy groups -OCH3 is 1. The van der Waals surface area contributed by atoms with E-state index in [4.69, 9.17) is 22.1 Å². The molecule has 0 saturated carbocycles. The Bertz CT molecular complexity index is 988. The smallest absolute Gasteiger partial charge is 0.339 e. The third-order valence-corrected chi connectivity index (χ3v) is 4.27. The van der Waals surface area contributed by atoms with E-state index in [-0.39, 0.29) is 16.5 Å². The van der Waals surface area contributed by atoms with Crippen molar-refractivity contribution in [2.75, 3.05) is 12.8 Å². The maximum absolute atomic E-state index is 11.8. The quantitative estimate of drug-likeness (QED) is 0.706. The molecule has 3 rings (SSSR count). The largest absolute Gasteiger partial charge is 0.465 e. The summed E-state index contributed by atoms with van der Waals surface area (Å²) in [6.07, 6.45) is 1.77. The molecule has 3 aromatic rings. The lowest BCUT2D eigenvalue weighted by molar-refractivity contribution is 0.0601. The molecule has 0 saturated heterocycles. The number of esters is 1. The van der Waals surface area contributed by atoms with Crippen LogP contribution in [0.5, 0.6) is 0 Å². The fraction of sp³-hybridized carbons (Fsp3) is 0.158. The minimum Gasteiger partial charge on any atom is -0.465 e. The predicted molar refractivity (Wildman–Crippen MR) is 101 cm³/mol. The Labute approximate surface area is 156 Å². The van der Waals surface area contributed by atoms with Gasteiger partial charge in [-0.2, -0.15) is 0 Å². The van der Waals surface area contributed by atoms with Crippen LogP contribution in [-0.4, -0.2) is 28.0 Å². The van der Waals surface area contributed by atoms with Gasteiger partial charge < -0.3 is 10.5 Å². The molecule has 0 aliphatic carbocycles. The van der Waals surface area contributed by atoms with Crippen molar-refractivity contribution in [3.05, 3.63) is 58.5 Å². The molecule has 2 aromatic heterocycles. The first-order valence-electron chi connectivity index (χ1n) is 7.86. The SMILES string of the molecule is COC(=O)c1ccc(-c2nc(N)nc(C)c2-c2ccc(C)nc2)cc1Cl. The van der Waals surface area contributed by atoms with Gasteiger partial charge in [0, 0.05) is 28.6 Å². The first-order chi connectivity index (χ1) is 12.4. The number of carbonyl (C=O) groups is 1. The Hall–Kier alpha value is -2.99. The summed E-state index contributed by atoms with van der Waals surface area (Å²) in [4.78, 5) is 24.8. The van der Waals surface area contributed by atoms with E-state index < -0.39 is 5.97 Å². The van der Waals surface area contributed by atoms with Crippen molar-refractivity contribution in [3.63, 3.8) is 0 Å². The molecule has 2 heterocycles. The van der Waals surface area contributed by atoms with Crippen LogP contribution in [-0.2, 0) is 4.74 Å². The summed E-state index contributed by atoms with van der Waals surface area (Å²) in [6, 6.07) is 8.90. The highest BCUT2D eigenvalue weighted by atomic mass is 35.5. The summed E-state index contributed by atoms with van der Waals surface area (Å²) in [5.41, 5.74) is 10.8. The topological polar surface area (TPSA) is 91.0 Å². The number of anilines is 1. The number of nitrogens with two attached hydrogens (primary N) is 1.